The highest BCUT2D eigenvalue weighted by molar-refractivity contribution is 5.99. The van der Waals surface area contributed by atoms with Gasteiger partial charge < -0.3 is 14.6 Å². The van der Waals surface area contributed by atoms with Crippen LogP contribution in [0.3, 0.4) is 0 Å². The SMILES string of the molecule is CCOc1ccc(/C(C)=N\Nc2ccc(C(=O)[O-])cc2)cc1. The van der Waals surface area contributed by atoms with E-state index in [4.69, 9.17) is 4.74 Å². The number of carboxylic acids is 1. The Labute approximate surface area is 129 Å². The fraction of sp³-hybridized carbons (Fsp3) is 0.176. The molecule has 22 heavy (non-hydrogen) atoms. The molecule has 0 spiro atoms. The van der Waals surface area contributed by atoms with Crippen molar-refractivity contribution in [1.29, 1.82) is 0 Å². The normalized spacial score (nSPS) is 11.1. The Balaban J connectivity index is 2.03. The summed E-state index contributed by atoms with van der Waals surface area (Å²) in [6, 6.07) is 13.9. The average Bonchev–Trinajstić information content (AvgIpc) is 2.54. The number of benzene rings is 2. The van der Waals surface area contributed by atoms with Gasteiger partial charge in [0, 0.05) is 0 Å². The molecule has 5 heteroatoms. The first-order valence-electron chi connectivity index (χ1n) is 6.95. The highest BCUT2D eigenvalue weighted by atomic mass is 16.5. The molecule has 0 atom stereocenters. The lowest BCUT2D eigenvalue weighted by Crippen LogP contribution is -2.21. The molecule has 0 aromatic heterocycles. The predicted octanol–water partition coefficient (Wildman–Crippen LogP) is 2.28. The van der Waals surface area contributed by atoms with Crippen LogP contribution in [0.1, 0.15) is 29.8 Å². The molecule has 0 radical (unpaired) electrons. The van der Waals surface area contributed by atoms with Crippen molar-refractivity contribution in [2.45, 2.75) is 13.8 Å². The lowest BCUT2D eigenvalue weighted by atomic mass is 10.1. The minimum absolute atomic E-state index is 0.137. The lowest BCUT2D eigenvalue weighted by Gasteiger charge is -2.07. The third kappa shape index (κ3) is 4.09. The maximum absolute atomic E-state index is 10.7. The van der Waals surface area contributed by atoms with E-state index < -0.39 is 5.97 Å². The van der Waals surface area contributed by atoms with Gasteiger partial charge in [-0.3, -0.25) is 5.43 Å². The third-order valence-electron chi connectivity index (χ3n) is 3.06. The van der Waals surface area contributed by atoms with Crippen molar-refractivity contribution in [2.75, 3.05) is 12.0 Å². The Bertz CT molecular complexity index is 661. The summed E-state index contributed by atoms with van der Waals surface area (Å²) in [4.78, 5) is 10.7. The molecule has 0 saturated heterocycles. The monoisotopic (exact) mass is 297 g/mol. The van der Waals surface area contributed by atoms with E-state index in [2.05, 4.69) is 10.5 Å². The molecule has 0 fully saturated rings. The third-order valence-corrected chi connectivity index (χ3v) is 3.06. The van der Waals surface area contributed by atoms with Crippen molar-refractivity contribution < 1.29 is 14.6 Å². The zero-order valence-corrected chi connectivity index (χ0v) is 12.5. The van der Waals surface area contributed by atoms with Crippen molar-refractivity contribution in [2.24, 2.45) is 5.10 Å². The molecule has 5 nitrogen and oxygen atoms in total. The molecule has 2 rings (SSSR count). The number of nitrogens with one attached hydrogen (secondary N) is 1. The van der Waals surface area contributed by atoms with E-state index >= 15 is 0 Å². The summed E-state index contributed by atoms with van der Waals surface area (Å²) in [5.74, 6) is -0.370. The Hall–Kier alpha value is -2.82. The standard InChI is InChI=1S/C17H18N2O3/c1-3-22-16-10-6-13(7-11-16)12(2)18-19-15-8-4-14(5-9-15)17(20)21/h4-11,19H,3H2,1-2H3,(H,20,21)/p-1/b18-12-. The first-order chi connectivity index (χ1) is 10.6. The smallest absolute Gasteiger partial charge is 0.119 e. The Kier molecular flexibility index (Phi) is 5.14. The number of aromatic carboxylic acids is 1. The van der Waals surface area contributed by atoms with Crippen LogP contribution in [0.4, 0.5) is 5.69 Å². The number of carbonyl (C=O) groups excluding carboxylic acids is 1. The number of carboxylic acid groups (broad SMARTS) is 1. The van der Waals surface area contributed by atoms with Crippen LogP contribution in [0.15, 0.2) is 53.6 Å². The van der Waals surface area contributed by atoms with Gasteiger partial charge in [0.05, 0.1) is 24.0 Å². The van der Waals surface area contributed by atoms with E-state index in [1.807, 2.05) is 38.1 Å². The Morgan fingerprint density at radius 3 is 2.23 bits per heavy atom. The van der Waals surface area contributed by atoms with Crippen LogP contribution in [0.5, 0.6) is 5.75 Å². The van der Waals surface area contributed by atoms with E-state index in [0.29, 0.717) is 12.3 Å². The fourth-order valence-electron chi connectivity index (χ4n) is 1.85. The van der Waals surface area contributed by atoms with Gasteiger partial charge in [-0.15, -0.1) is 0 Å². The minimum Gasteiger partial charge on any atom is -0.545 e. The van der Waals surface area contributed by atoms with Crippen LogP contribution in [0.2, 0.25) is 0 Å². The Morgan fingerprint density at radius 2 is 1.68 bits per heavy atom. The van der Waals surface area contributed by atoms with E-state index in [9.17, 15) is 9.90 Å². The molecule has 0 aliphatic heterocycles. The molecule has 2 aromatic carbocycles. The van der Waals surface area contributed by atoms with Crippen molar-refractivity contribution in [3.05, 3.63) is 59.7 Å². The molecule has 0 aliphatic carbocycles. The molecule has 2 aromatic rings. The first kappa shape index (κ1) is 15.6. The van der Waals surface area contributed by atoms with Gasteiger partial charge in [0.25, 0.3) is 0 Å². The summed E-state index contributed by atoms with van der Waals surface area (Å²) in [6.07, 6.45) is 0. The summed E-state index contributed by atoms with van der Waals surface area (Å²) in [5, 5.41) is 14.9. The molecule has 1 N–H and O–H groups in total. The number of carbonyl (C=O) groups is 1. The van der Waals surface area contributed by atoms with Gasteiger partial charge in [0.15, 0.2) is 0 Å². The fourth-order valence-corrected chi connectivity index (χ4v) is 1.85. The predicted molar refractivity (Wildman–Crippen MR) is 84.2 cm³/mol. The second-order valence-corrected chi connectivity index (χ2v) is 4.63. The number of anilines is 1. The number of hydrogen-bond acceptors (Lipinski definition) is 5. The van der Waals surface area contributed by atoms with Crippen molar-refractivity contribution in [1.82, 2.24) is 0 Å². The van der Waals surface area contributed by atoms with E-state index in [-0.39, 0.29) is 5.56 Å². The van der Waals surface area contributed by atoms with Gasteiger partial charge in [0.2, 0.25) is 0 Å². The maximum Gasteiger partial charge on any atom is 0.119 e. The van der Waals surface area contributed by atoms with Crippen LogP contribution in [0.25, 0.3) is 0 Å². The molecule has 0 amide bonds. The number of ether oxygens (including phenoxy) is 1. The zero-order chi connectivity index (χ0) is 15.9. The van der Waals surface area contributed by atoms with E-state index in [1.165, 1.54) is 12.1 Å². The van der Waals surface area contributed by atoms with Crippen LogP contribution >= 0.6 is 0 Å². The van der Waals surface area contributed by atoms with Crippen LogP contribution in [0, 0.1) is 0 Å². The van der Waals surface area contributed by atoms with Crippen molar-refractivity contribution in [3.8, 4) is 5.75 Å². The quantitative estimate of drug-likeness (QED) is 0.656. The van der Waals surface area contributed by atoms with E-state index in [1.54, 1.807) is 12.1 Å². The highest BCUT2D eigenvalue weighted by Gasteiger charge is 1.99. The van der Waals surface area contributed by atoms with Gasteiger partial charge in [-0.25, -0.2) is 0 Å². The molecular formula is C17H17N2O3-. The van der Waals surface area contributed by atoms with Gasteiger partial charge in [-0.05, 0) is 61.4 Å². The van der Waals surface area contributed by atoms with Crippen molar-refractivity contribution >= 4 is 17.4 Å². The molecule has 0 aliphatic rings. The molecule has 0 bridgehead atoms. The highest BCUT2D eigenvalue weighted by Crippen LogP contribution is 2.14. The molecule has 0 saturated carbocycles. The van der Waals surface area contributed by atoms with Gasteiger partial charge in [-0.1, -0.05) is 12.1 Å². The Morgan fingerprint density at radius 1 is 1.09 bits per heavy atom. The number of hydrazone groups is 1. The summed E-state index contributed by atoms with van der Waals surface area (Å²) >= 11 is 0. The average molecular weight is 297 g/mol. The lowest BCUT2D eigenvalue weighted by molar-refractivity contribution is -0.255. The maximum atomic E-state index is 10.7. The van der Waals surface area contributed by atoms with E-state index in [0.717, 1.165) is 17.0 Å². The minimum atomic E-state index is -1.19. The van der Waals surface area contributed by atoms with Gasteiger partial charge >= 0.3 is 0 Å². The number of nitrogens with zero attached hydrogens (tertiary/aromatic N) is 1. The van der Waals surface area contributed by atoms with Crippen molar-refractivity contribution in [3.63, 3.8) is 0 Å². The molecule has 0 unspecified atom stereocenters. The summed E-state index contributed by atoms with van der Waals surface area (Å²) in [6.45, 7) is 4.46. The summed E-state index contributed by atoms with van der Waals surface area (Å²) < 4.78 is 5.39. The van der Waals surface area contributed by atoms with Gasteiger partial charge in [0.1, 0.15) is 5.75 Å². The van der Waals surface area contributed by atoms with Gasteiger partial charge in [-0.2, -0.15) is 5.10 Å². The number of hydrogen-bond donors (Lipinski definition) is 1. The second kappa shape index (κ2) is 7.26. The van der Waals surface area contributed by atoms with Crippen LogP contribution in [-0.2, 0) is 0 Å². The van der Waals surface area contributed by atoms with Crippen LogP contribution in [-0.4, -0.2) is 18.3 Å². The topological polar surface area (TPSA) is 73.8 Å². The second-order valence-electron chi connectivity index (χ2n) is 4.63. The largest absolute Gasteiger partial charge is 0.545 e. The van der Waals surface area contributed by atoms with Crippen LogP contribution < -0.4 is 15.3 Å². The molecular weight excluding hydrogens is 280 g/mol. The molecule has 114 valence electrons. The number of rotatable bonds is 6. The molecule has 0 heterocycles. The summed E-state index contributed by atoms with van der Waals surface area (Å²) in [5.41, 5.74) is 5.52. The zero-order valence-electron chi connectivity index (χ0n) is 12.5. The first-order valence-corrected chi connectivity index (χ1v) is 6.95. The summed E-state index contributed by atoms with van der Waals surface area (Å²) in [7, 11) is 0.